The number of aromatic nitrogens is 1. The molecule has 4 heteroatoms. The van der Waals surface area contributed by atoms with Crippen LogP contribution in [0.5, 0.6) is 0 Å². The second-order valence-corrected chi connectivity index (χ2v) is 7.59. The fraction of sp³-hybridized carbons (Fsp3) is 0.438. The topological polar surface area (TPSA) is 38.9 Å². The molecule has 0 radical (unpaired) electrons. The molecule has 2 N–H and O–H groups in total. The maximum Gasteiger partial charge on any atom is 0.113 e. The van der Waals surface area contributed by atoms with Gasteiger partial charge in [0.1, 0.15) is 5.01 Å². The number of rotatable bonds is 2. The summed E-state index contributed by atoms with van der Waals surface area (Å²) < 4.78 is 1.08. The van der Waals surface area contributed by atoms with E-state index in [0.29, 0.717) is 5.92 Å². The lowest BCUT2D eigenvalue weighted by Crippen LogP contribution is -2.40. The van der Waals surface area contributed by atoms with Crippen LogP contribution in [0.1, 0.15) is 37.6 Å². The van der Waals surface area contributed by atoms with Crippen LogP contribution >= 0.6 is 27.3 Å². The van der Waals surface area contributed by atoms with Crippen LogP contribution in [0.25, 0.3) is 11.3 Å². The van der Waals surface area contributed by atoms with Crippen molar-refractivity contribution in [3.63, 3.8) is 0 Å². The molecule has 0 saturated heterocycles. The third-order valence-corrected chi connectivity index (χ3v) is 5.87. The zero-order valence-corrected chi connectivity index (χ0v) is 14.0. The fourth-order valence-electron chi connectivity index (χ4n) is 3.08. The van der Waals surface area contributed by atoms with E-state index in [-0.39, 0.29) is 5.54 Å². The SMILES string of the molecule is CC1CCCC(N)(c2nc(-c3ccccc3Br)cs2)C1. The Labute approximate surface area is 132 Å². The molecule has 1 saturated carbocycles. The van der Waals surface area contributed by atoms with Gasteiger partial charge in [0.2, 0.25) is 0 Å². The second kappa shape index (κ2) is 5.58. The first-order chi connectivity index (χ1) is 9.58. The normalized spacial score (nSPS) is 26.6. The van der Waals surface area contributed by atoms with E-state index in [1.54, 1.807) is 11.3 Å². The number of thiazole rings is 1. The van der Waals surface area contributed by atoms with Crippen molar-refractivity contribution in [2.45, 2.75) is 38.1 Å². The Morgan fingerprint density at radius 2 is 2.20 bits per heavy atom. The van der Waals surface area contributed by atoms with E-state index in [1.807, 2.05) is 12.1 Å². The maximum atomic E-state index is 6.64. The number of nitrogens with two attached hydrogens (primary N) is 1. The molecule has 1 aliphatic rings. The molecule has 0 bridgehead atoms. The van der Waals surface area contributed by atoms with Crippen molar-refractivity contribution in [2.24, 2.45) is 11.7 Å². The minimum Gasteiger partial charge on any atom is -0.319 e. The molecule has 1 aromatic carbocycles. The van der Waals surface area contributed by atoms with Gasteiger partial charge in [-0.25, -0.2) is 4.98 Å². The summed E-state index contributed by atoms with van der Waals surface area (Å²) in [6, 6.07) is 8.21. The van der Waals surface area contributed by atoms with Crippen molar-refractivity contribution in [1.82, 2.24) is 4.98 Å². The number of halogens is 1. The van der Waals surface area contributed by atoms with Crippen LogP contribution in [0.4, 0.5) is 0 Å². The van der Waals surface area contributed by atoms with E-state index < -0.39 is 0 Å². The molecule has 2 atom stereocenters. The minimum atomic E-state index is -0.220. The summed E-state index contributed by atoms with van der Waals surface area (Å²) >= 11 is 5.30. The van der Waals surface area contributed by atoms with Gasteiger partial charge in [0.05, 0.1) is 11.2 Å². The molecular formula is C16H19BrN2S. The van der Waals surface area contributed by atoms with Gasteiger partial charge < -0.3 is 5.73 Å². The summed E-state index contributed by atoms with van der Waals surface area (Å²) in [6.07, 6.45) is 4.61. The molecule has 0 amide bonds. The van der Waals surface area contributed by atoms with E-state index in [1.165, 1.54) is 12.8 Å². The van der Waals surface area contributed by atoms with Crippen LogP contribution in [-0.4, -0.2) is 4.98 Å². The van der Waals surface area contributed by atoms with Gasteiger partial charge in [0.15, 0.2) is 0 Å². The standard InChI is InChI=1S/C16H19BrN2S/c1-11-5-4-8-16(18,9-11)15-19-14(10-20-15)12-6-2-3-7-13(12)17/h2-3,6-7,10-11H,4-5,8-9,18H2,1H3. The molecule has 2 unspecified atom stereocenters. The molecule has 2 aromatic rings. The fourth-order valence-corrected chi connectivity index (χ4v) is 4.54. The van der Waals surface area contributed by atoms with E-state index in [9.17, 15) is 0 Å². The summed E-state index contributed by atoms with van der Waals surface area (Å²) in [5.41, 5.74) is 8.59. The molecule has 1 aromatic heterocycles. The minimum absolute atomic E-state index is 0.220. The Morgan fingerprint density at radius 3 is 2.95 bits per heavy atom. The third-order valence-electron chi connectivity index (χ3n) is 4.11. The highest BCUT2D eigenvalue weighted by Gasteiger charge is 2.35. The van der Waals surface area contributed by atoms with Crippen LogP contribution in [0.2, 0.25) is 0 Å². The number of hydrogen-bond acceptors (Lipinski definition) is 3. The molecule has 20 heavy (non-hydrogen) atoms. The highest BCUT2D eigenvalue weighted by Crippen LogP contribution is 2.40. The number of hydrogen-bond donors (Lipinski definition) is 1. The number of nitrogens with zero attached hydrogens (tertiary/aromatic N) is 1. The van der Waals surface area contributed by atoms with Gasteiger partial charge in [0.25, 0.3) is 0 Å². The van der Waals surface area contributed by atoms with Gasteiger partial charge >= 0.3 is 0 Å². The predicted octanol–water partition coefficient (Wildman–Crippen LogP) is 4.94. The lowest BCUT2D eigenvalue weighted by molar-refractivity contribution is 0.238. The lowest BCUT2D eigenvalue weighted by atomic mass is 9.77. The van der Waals surface area contributed by atoms with Crippen molar-refractivity contribution >= 4 is 27.3 Å². The van der Waals surface area contributed by atoms with Gasteiger partial charge in [0, 0.05) is 15.4 Å². The average Bonchev–Trinajstić information content (AvgIpc) is 2.89. The average molecular weight is 351 g/mol. The first-order valence-corrected chi connectivity index (χ1v) is 8.75. The second-order valence-electron chi connectivity index (χ2n) is 5.88. The largest absolute Gasteiger partial charge is 0.319 e. The van der Waals surface area contributed by atoms with Crippen LogP contribution in [0.15, 0.2) is 34.1 Å². The van der Waals surface area contributed by atoms with Crippen molar-refractivity contribution in [3.8, 4) is 11.3 Å². The Bertz CT molecular complexity index is 610. The Hall–Kier alpha value is -0.710. The summed E-state index contributed by atoms with van der Waals surface area (Å²) in [5, 5.41) is 3.22. The van der Waals surface area contributed by atoms with Crippen LogP contribution in [-0.2, 0) is 5.54 Å². The van der Waals surface area contributed by atoms with E-state index in [4.69, 9.17) is 10.7 Å². The Balaban J connectivity index is 1.92. The van der Waals surface area contributed by atoms with Crippen LogP contribution in [0.3, 0.4) is 0 Å². The summed E-state index contributed by atoms with van der Waals surface area (Å²) in [4.78, 5) is 4.83. The highest BCUT2D eigenvalue weighted by atomic mass is 79.9. The quantitative estimate of drug-likeness (QED) is 0.833. The van der Waals surface area contributed by atoms with Crippen molar-refractivity contribution < 1.29 is 0 Å². The molecular weight excluding hydrogens is 332 g/mol. The molecule has 0 aliphatic heterocycles. The van der Waals surface area contributed by atoms with E-state index in [0.717, 1.165) is 33.6 Å². The smallest absolute Gasteiger partial charge is 0.113 e. The molecule has 1 aliphatic carbocycles. The third kappa shape index (κ3) is 2.69. The first-order valence-electron chi connectivity index (χ1n) is 7.08. The summed E-state index contributed by atoms with van der Waals surface area (Å²) in [7, 11) is 0. The molecule has 1 heterocycles. The zero-order valence-electron chi connectivity index (χ0n) is 11.6. The predicted molar refractivity (Wildman–Crippen MR) is 88.7 cm³/mol. The van der Waals surface area contributed by atoms with Gasteiger partial charge in [-0.2, -0.15) is 0 Å². The maximum absolute atomic E-state index is 6.64. The molecule has 3 rings (SSSR count). The van der Waals surface area contributed by atoms with E-state index >= 15 is 0 Å². The van der Waals surface area contributed by atoms with Crippen molar-refractivity contribution in [1.29, 1.82) is 0 Å². The Morgan fingerprint density at radius 1 is 1.40 bits per heavy atom. The highest BCUT2D eigenvalue weighted by molar-refractivity contribution is 9.10. The van der Waals surface area contributed by atoms with Gasteiger partial charge in [-0.3, -0.25) is 0 Å². The zero-order chi connectivity index (χ0) is 14.2. The molecule has 106 valence electrons. The van der Waals surface area contributed by atoms with E-state index in [2.05, 4.69) is 40.4 Å². The lowest BCUT2D eigenvalue weighted by Gasteiger charge is -2.35. The Kier molecular flexibility index (Phi) is 3.98. The summed E-state index contributed by atoms with van der Waals surface area (Å²) in [5.74, 6) is 0.699. The molecule has 0 spiro atoms. The monoisotopic (exact) mass is 350 g/mol. The summed E-state index contributed by atoms with van der Waals surface area (Å²) in [6.45, 7) is 2.29. The van der Waals surface area contributed by atoms with Gasteiger partial charge in [-0.1, -0.05) is 53.9 Å². The van der Waals surface area contributed by atoms with Gasteiger partial charge in [-0.15, -0.1) is 11.3 Å². The van der Waals surface area contributed by atoms with Crippen molar-refractivity contribution in [3.05, 3.63) is 39.1 Å². The number of benzene rings is 1. The molecule has 1 fully saturated rings. The van der Waals surface area contributed by atoms with Gasteiger partial charge in [-0.05, 0) is 24.8 Å². The first kappa shape index (κ1) is 14.2. The van der Waals surface area contributed by atoms with Crippen LogP contribution in [0, 0.1) is 5.92 Å². The molecule has 2 nitrogen and oxygen atoms in total. The van der Waals surface area contributed by atoms with Crippen LogP contribution < -0.4 is 5.73 Å². The van der Waals surface area contributed by atoms with Crippen molar-refractivity contribution in [2.75, 3.05) is 0 Å².